The van der Waals surface area contributed by atoms with Gasteiger partial charge < -0.3 is 15.0 Å². The summed E-state index contributed by atoms with van der Waals surface area (Å²) in [5.41, 5.74) is 10.6. The topological polar surface area (TPSA) is 57.2 Å². The summed E-state index contributed by atoms with van der Waals surface area (Å²) in [5.74, 6) is -0.309. The van der Waals surface area contributed by atoms with Crippen LogP contribution in [0.2, 0.25) is 0 Å². The molecule has 0 amide bonds. The first-order valence-corrected chi connectivity index (χ1v) is 7.39. The lowest BCUT2D eigenvalue weighted by molar-refractivity contribution is -0.144. The number of hydrogen-bond acceptors (Lipinski definition) is 3. The van der Waals surface area contributed by atoms with E-state index in [0.29, 0.717) is 5.69 Å². The number of benzene rings is 2. The minimum atomic E-state index is -0.309. The Morgan fingerprint density at radius 3 is 2.26 bits per heavy atom. The Balaban J connectivity index is 2.09. The molecule has 0 saturated heterocycles. The third kappa shape index (κ3) is 3.26. The van der Waals surface area contributed by atoms with Gasteiger partial charge in [0.05, 0.1) is 11.4 Å². The van der Waals surface area contributed by atoms with Gasteiger partial charge in [-0.25, -0.2) is 0 Å². The largest absolute Gasteiger partial charge is 0.444 e. The molecule has 0 radical (unpaired) electrons. The van der Waals surface area contributed by atoms with Gasteiger partial charge in [-0.1, -0.05) is 42.5 Å². The molecule has 2 aromatic carbocycles. The van der Waals surface area contributed by atoms with Crippen LogP contribution in [0.3, 0.4) is 0 Å². The second-order valence-corrected chi connectivity index (χ2v) is 5.29. The molecule has 2 N–H and O–H groups in total. The third-order valence-corrected chi connectivity index (χ3v) is 3.63. The molecular formula is C19H18N2O2. The Bertz CT molecular complexity index is 822. The number of rotatable bonds is 4. The highest BCUT2D eigenvalue weighted by Gasteiger charge is 2.12. The van der Waals surface area contributed by atoms with Crippen LogP contribution in [0.25, 0.3) is 22.5 Å². The molecule has 4 nitrogen and oxygen atoms in total. The molecule has 0 aliphatic carbocycles. The number of carbonyl (C=O) groups excluding carboxylic acids is 1. The van der Waals surface area contributed by atoms with Crippen LogP contribution < -0.4 is 5.73 Å². The highest BCUT2D eigenvalue weighted by Crippen LogP contribution is 2.29. The average molecular weight is 306 g/mol. The first-order chi connectivity index (χ1) is 11.1. The summed E-state index contributed by atoms with van der Waals surface area (Å²) in [4.78, 5) is 11.2. The molecule has 4 heteroatoms. The van der Waals surface area contributed by atoms with Crippen molar-refractivity contribution in [3.63, 3.8) is 0 Å². The fourth-order valence-corrected chi connectivity index (χ4v) is 2.57. The molecule has 0 unspecified atom stereocenters. The van der Waals surface area contributed by atoms with Crippen molar-refractivity contribution in [2.45, 2.75) is 13.7 Å². The number of aromatic nitrogens is 1. The Hall–Kier alpha value is -3.01. The van der Waals surface area contributed by atoms with Gasteiger partial charge in [0.1, 0.15) is 0 Å². The van der Waals surface area contributed by atoms with Crippen LogP contribution >= 0.6 is 0 Å². The molecular weight excluding hydrogens is 288 g/mol. The van der Waals surface area contributed by atoms with E-state index in [2.05, 4.69) is 0 Å². The predicted molar refractivity (Wildman–Crippen MR) is 91.5 cm³/mol. The van der Waals surface area contributed by atoms with Gasteiger partial charge in [0.25, 0.3) is 0 Å². The van der Waals surface area contributed by atoms with E-state index in [1.54, 1.807) is 0 Å². The zero-order valence-electron chi connectivity index (χ0n) is 12.9. The van der Waals surface area contributed by atoms with Gasteiger partial charge in [-0.15, -0.1) is 0 Å². The molecule has 0 aliphatic rings. The lowest BCUT2D eigenvalue weighted by atomic mass is 10.1. The van der Waals surface area contributed by atoms with Crippen LogP contribution in [0.4, 0.5) is 5.69 Å². The van der Waals surface area contributed by atoms with Gasteiger partial charge in [0.15, 0.2) is 6.73 Å². The monoisotopic (exact) mass is 306 g/mol. The number of anilines is 1. The van der Waals surface area contributed by atoms with Crippen LogP contribution in [-0.2, 0) is 16.3 Å². The number of carbonyl (C=O) groups is 1. The Kier molecular flexibility index (Phi) is 4.15. The summed E-state index contributed by atoms with van der Waals surface area (Å²) >= 11 is 0. The van der Waals surface area contributed by atoms with Gasteiger partial charge in [-0.2, -0.15) is 0 Å². The molecule has 23 heavy (non-hydrogen) atoms. The van der Waals surface area contributed by atoms with Crippen LogP contribution in [0.1, 0.15) is 6.92 Å². The van der Waals surface area contributed by atoms with Crippen LogP contribution in [0, 0.1) is 0 Å². The Morgan fingerprint density at radius 2 is 1.61 bits per heavy atom. The highest BCUT2D eigenvalue weighted by atomic mass is 16.5. The summed E-state index contributed by atoms with van der Waals surface area (Å²) < 4.78 is 7.21. The number of nitrogens with two attached hydrogens (primary N) is 1. The third-order valence-electron chi connectivity index (χ3n) is 3.63. The first-order valence-electron chi connectivity index (χ1n) is 7.39. The molecule has 1 aromatic heterocycles. The van der Waals surface area contributed by atoms with E-state index in [0.717, 1.165) is 22.5 Å². The van der Waals surface area contributed by atoms with Crippen molar-refractivity contribution in [1.29, 1.82) is 0 Å². The van der Waals surface area contributed by atoms with Crippen molar-refractivity contribution in [2.24, 2.45) is 0 Å². The number of ether oxygens (including phenoxy) is 1. The van der Waals surface area contributed by atoms with Crippen molar-refractivity contribution in [2.75, 3.05) is 5.73 Å². The molecule has 116 valence electrons. The number of hydrogen-bond donors (Lipinski definition) is 1. The zero-order valence-corrected chi connectivity index (χ0v) is 12.9. The molecule has 3 aromatic rings. The lowest BCUT2D eigenvalue weighted by Gasteiger charge is -2.14. The maximum atomic E-state index is 11.2. The van der Waals surface area contributed by atoms with E-state index < -0.39 is 0 Å². The molecule has 0 atom stereocenters. The minimum Gasteiger partial charge on any atom is -0.444 e. The average Bonchev–Trinajstić information content (AvgIpc) is 2.97. The van der Waals surface area contributed by atoms with Crippen molar-refractivity contribution >= 4 is 11.7 Å². The van der Waals surface area contributed by atoms with Crippen LogP contribution in [-0.4, -0.2) is 10.5 Å². The molecule has 0 aliphatic heterocycles. The fraction of sp³-hybridized carbons (Fsp3) is 0.105. The van der Waals surface area contributed by atoms with Crippen molar-refractivity contribution in [1.82, 2.24) is 4.57 Å². The van der Waals surface area contributed by atoms with Gasteiger partial charge >= 0.3 is 5.97 Å². The molecule has 3 rings (SSSR count). The second kappa shape index (κ2) is 6.40. The lowest BCUT2D eigenvalue weighted by Crippen LogP contribution is -2.08. The molecule has 0 fully saturated rings. The fourth-order valence-electron chi connectivity index (χ4n) is 2.57. The standard InChI is InChI=1S/C19H18N2O2/c1-14(22)23-13-21-18(15-6-3-2-4-7-15)10-11-19(21)16-8-5-9-17(20)12-16/h2-12H,13,20H2,1H3. The normalized spacial score (nSPS) is 10.5. The van der Waals surface area contributed by atoms with E-state index in [9.17, 15) is 4.79 Å². The van der Waals surface area contributed by atoms with Gasteiger partial charge in [0, 0.05) is 18.2 Å². The Labute approximate surface area is 135 Å². The van der Waals surface area contributed by atoms with E-state index >= 15 is 0 Å². The van der Waals surface area contributed by atoms with E-state index in [1.807, 2.05) is 71.3 Å². The zero-order chi connectivity index (χ0) is 16.2. The molecule has 0 bridgehead atoms. The number of nitrogens with zero attached hydrogens (tertiary/aromatic N) is 1. The number of esters is 1. The van der Waals surface area contributed by atoms with Crippen LogP contribution in [0.5, 0.6) is 0 Å². The molecule has 1 heterocycles. The van der Waals surface area contributed by atoms with E-state index in [-0.39, 0.29) is 12.7 Å². The maximum Gasteiger partial charge on any atom is 0.304 e. The summed E-state index contributed by atoms with van der Waals surface area (Å²) in [6.07, 6.45) is 0. The maximum absolute atomic E-state index is 11.2. The number of nitrogen functional groups attached to an aromatic ring is 1. The van der Waals surface area contributed by atoms with Gasteiger partial charge in [-0.05, 0) is 29.8 Å². The smallest absolute Gasteiger partial charge is 0.304 e. The first kappa shape index (κ1) is 14.9. The summed E-state index contributed by atoms with van der Waals surface area (Å²) in [6.45, 7) is 1.57. The van der Waals surface area contributed by atoms with Crippen molar-refractivity contribution in [3.05, 3.63) is 66.7 Å². The minimum absolute atomic E-state index is 0.163. The van der Waals surface area contributed by atoms with Crippen molar-refractivity contribution < 1.29 is 9.53 Å². The molecule has 0 spiro atoms. The van der Waals surface area contributed by atoms with Gasteiger partial charge in [0.2, 0.25) is 0 Å². The summed E-state index contributed by atoms with van der Waals surface area (Å²) in [7, 11) is 0. The quantitative estimate of drug-likeness (QED) is 0.587. The SMILES string of the molecule is CC(=O)OCn1c(-c2ccccc2)ccc1-c1cccc(N)c1. The van der Waals surface area contributed by atoms with E-state index in [4.69, 9.17) is 10.5 Å². The summed E-state index contributed by atoms with van der Waals surface area (Å²) in [6, 6.07) is 21.7. The Morgan fingerprint density at radius 1 is 0.957 bits per heavy atom. The molecule has 0 saturated carbocycles. The van der Waals surface area contributed by atoms with Crippen molar-refractivity contribution in [3.8, 4) is 22.5 Å². The summed E-state index contributed by atoms with van der Waals surface area (Å²) in [5, 5.41) is 0. The van der Waals surface area contributed by atoms with Crippen LogP contribution in [0.15, 0.2) is 66.7 Å². The van der Waals surface area contributed by atoms with Gasteiger partial charge in [-0.3, -0.25) is 4.79 Å². The highest BCUT2D eigenvalue weighted by molar-refractivity contribution is 5.72. The predicted octanol–water partition coefficient (Wildman–Crippen LogP) is 3.92. The van der Waals surface area contributed by atoms with E-state index in [1.165, 1.54) is 6.92 Å². The second-order valence-electron chi connectivity index (χ2n) is 5.29.